The Morgan fingerprint density at radius 1 is 1.10 bits per heavy atom. The third-order valence-corrected chi connectivity index (χ3v) is 4.27. The third kappa shape index (κ3) is 4.34. The van der Waals surface area contributed by atoms with Crippen molar-refractivity contribution in [3.05, 3.63) is 35.9 Å². The maximum Gasteiger partial charge on any atom is 0.223 e. The first kappa shape index (κ1) is 15.0. The van der Waals surface area contributed by atoms with E-state index in [0.717, 1.165) is 45.2 Å². The van der Waals surface area contributed by atoms with Crippen molar-refractivity contribution in [1.29, 1.82) is 0 Å². The van der Waals surface area contributed by atoms with Gasteiger partial charge < -0.3 is 10.6 Å². The molecule has 110 valence electrons. The van der Waals surface area contributed by atoms with Gasteiger partial charge in [-0.2, -0.15) is 0 Å². The highest BCUT2D eigenvalue weighted by atomic mass is 16.1. The molecule has 20 heavy (non-hydrogen) atoms. The van der Waals surface area contributed by atoms with Crippen LogP contribution < -0.4 is 10.6 Å². The van der Waals surface area contributed by atoms with Crippen LogP contribution in [0.5, 0.6) is 0 Å². The van der Waals surface area contributed by atoms with Crippen LogP contribution in [0.3, 0.4) is 0 Å². The van der Waals surface area contributed by atoms with E-state index in [0.29, 0.717) is 5.92 Å². The first-order valence-electron chi connectivity index (χ1n) is 7.78. The van der Waals surface area contributed by atoms with E-state index in [4.69, 9.17) is 0 Å². The second-order valence-corrected chi connectivity index (χ2v) is 5.71. The summed E-state index contributed by atoms with van der Waals surface area (Å²) in [6, 6.07) is 10.7. The van der Waals surface area contributed by atoms with Crippen LogP contribution in [0.25, 0.3) is 0 Å². The monoisotopic (exact) mass is 274 g/mol. The van der Waals surface area contributed by atoms with Crippen molar-refractivity contribution < 1.29 is 4.79 Å². The van der Waals surface area contributed by atoms with Crippen LogP contribution in [0.15, 0.2) is 30.3 Å². The number of benzene rings is 1. The van der Waals surface area contributed by atoms with E-state index in [-0.39, 0.29) is 11.8 Å². The molecule has 0 heterocycles. The van der Waals surface area contributed by atoms with Gasteiger partial charge in [0, 0.05) is 12.5 Å². The quantitative estimate of drug-likeness (QED) is 0.783. The standard InChI is InChI=1S/C17H26N2O/c1-18-12-5-13-19-17(20)16-10-8-15(9-11-16)14-6-3-2-4-7-14/h2-4,6-7,15-16,18H,5,8-13H2,1H3,(H,19,20). The molecule has 1 fully saturated rings. The smallest absolute Gasteiger partial charge is 0.223 e. The summed E-state index contributed by atoms with van der Waals surface area (Å²) in [4.78, 5) is 12.1. The van der Waals surface area contributed by atoms with E-state index in [1.807, 2.05) is 7.05 Å². The molecule has 0 atom stereocenters. The Labute approximate surface area is 122 Å². The van der Waals surface area contributed by atoms with Gasteiger partial charge >= 0.3 is 0 Å². The number of hydrogen-bond acceptors (Lipinski definition) is 2. The molecule has 0 aromatic heterocycles. The molecule has 2 rings (SSSR count). The van der Waals surface area contributed by atoms with Gasteiger partial charge in [-0.15, -0.1) is 0 Å². The Hall–Kier alpha value is -1.35. The van der Waals surface area contributed by atoms with Crippen molar-refractivity contribution in [3.8, 4) is 0 Å². The minimum atomic E-state index is 0.226. The van der Waals surface area contributed by atoms with Gasteiger partial charge in [-0.05, 0) is 57.2 Å². The predicted octanol–water partition coefficient (Wildman–Crippen LogP) is 2.69. The molecule has 0 unspecified atom stereocenters. The number of hydrogen-bond donors (Lipinski definition) is 2. The molecule has 0 saturated heterocycles. The van der Waals surface area contributed by atoms with Crippen molar-refractivity contribution >= 4 is 5.91 Å². The van der Waals surface area contributed by atoms with Gasteiger partial charge in [-0.1, -0.05) is 30.3 Å². The topological polar surface area (TPSA) is 41.1 Å². The van der Waals surface area contributed by atoms with Crippen LogP contribution in [-0.2, 0) is 4.79 Å². The molecule has 0 radical (unpaired) electrons. The second kappa shape index (κ2) is 8.05. The van der Waals surface area contributed by atoms with Gasteiger partial charge in [0.15, 0.2) is 0 Å². The summed E-state index contributed by atoms with van der Waals surface area (Å²) in [5.74, 6) is 1.13. The molecular weight excluding hydrogens is 248 g/mol. The van der Waals surface area contributed by atoms with E-state index in [1.54, 1.807) is 0 Å². The van der Waals surface area contributed by atoms with Gasteiger partial charge in [0.1, 0.15) is 0 Å². The highest BCUT2D eigenvalue weighted by molar-refractivity contribution is 5.78. The predicted molar refractivity (Wildman–Crippen MR) is 82.7 cm³/mol. The van der Waals surface area contributed by atoms with Gasteiger partial charge in [-0.3, -0.25) is 4.79 Å². The second-order valence-electron chi connectivity index (χ2n) is 5.71. The van der Waals surface area contributed by atoms with E-state index in [1.165, 1.54) is 5.56 Å². The summed E-state index contributed by atoms with van der Waals surface area (Å²) in [7, 11) is 1.94. The summed E-state index contributed by atoms with van der Waals surface area (Å²) in [6.45, 7) is 1.75. The van der Waals surface area contributed by atoms with E-state index in [9.17, 15) is 4.79 Å². The van der Waals surface area contributed by atoms with Crippen LogP contribution in [0, 0.1) is 5.92 Å². The highest BCUT2D eigenvalue weighted by Gasteiger charge is 2.26. The Morgan fingerprint density at radius 3 is 2.45 bits per heavy atom. The molecule has 1 aliphatic carbocycles. The normalized spacial score (nSPS) is 22.4. The Balaban J connectivity index is 1.72. The molecule has 3 heteroatoms. The largest absolute Gasteiger partial charge is 0.356 e. The zero-order chi connectivity index (χ0) is 14.2. The lowest BCUT2D eigenvalue weighted by Gasteiger charge is -2.28. The summed E-state index contributed by atoms with van der Waals surface area (Å²) in [5.41, 5.74) is 1.43. The maximum absolute atomic E-state index is 12.1. The van der Waals surface area contributed by atoms with Crippen LogP contribution in [0.4, 0.5) is 0 Å². The number of carbonyl (C=O) groups is 1. The van der Waals surface area contributed by atoms with Gasteiger partial charge in [0.05, 0.1) is 0 Å². The van der Waals surface area contributed by atoms with Crippen molar-refractivity contribution in [2.45, 2.75) is 38.0 Å². The lowest BCUT2D eigenvalue weighted by molar-refractivity contribution is -0.126. The fraction of sp³-hybridized carbons (Fsp3) is 0.588. The van der Waals surface area contributed by atoms with E-state index < -0.39 is 0 Å². The lowest BCUT2D eigenvalue weighted by Crippen LogP contribution is -2.34. The summed E-state index contributed by atoms with van der Waals surface area (Å²) >= 11 is 0. The molecule has 1 amide bonds. The van der Waals surface area contributed by atoms with Crippen LogP contribution in [0.2, 0.25) is 0 Å². The highest BCUT2D eigenvalue weighted by Crippen LogP contribution is 2.35. The Kier molecular flexibility index (Phi) is 6.06. The minimum absolute atomic E-state index is 0.226. The molecule has 1 aliphatic rings. The molecular formula is C17H26N2O. The number of rotatable bonds is 6. The van der Waals surface area contributed by atoms with Gasteiger partial charge in [-0.25, -0.2) is 0 Å². The number of carbonyl (C=O) groups excluding carboxylic acids is 1. The Morgan fingerprint density at radius 2 is 1.80 bits per heavy atom. The average molecular weight is 274 g/mol. The fourth-order valence-electron chi connectivity index (χ4n) is 3.04. The van der Waals surface area contributed by atoms with Crippen molar-refractivity contribution in [1.82, 2.24) is 10.6 Å². The zero-order valence-corrected chi connectivity index (χ0v) is 12.4. The van der Waals surface area contributed by atoms with Crippen molar-refractivity contribution in [2.75, 3.05) is 20.1 Å². The number of amides is 1. The SMILES string of the molecule is CNCCCNC(=O)C1CCC(c2ccccc2)CC1. The van der Waals surface area contributed by atoms with Crippen LogP contribution in [-0.4, -0.2) is 26.0 Å². The van der Waals surface area contributed by atoms with Crippen molar-refractivity contribution in [2.24, 2.45) is 5.92 Å². The molecule has 0 bridgehead atoms. The van der Waals surface area contributed by atoms with Gasteiger partial charge in [0.25, 0.3) is 0 Å². The molecule has 3 nitrogen and oxygen atoms in total. The lowest BCUT2D eigenvalue weighted by atomic mass is 9.78. The Bertz CT molecular complexity index is 397. The van der Waals surface area contributed by atoms with Crippen LogP contribution in [0.1, 0.15) is 43.6 Å². The molecule has 1 saturated carbocycles. The van der Waals surface area contributed by atoms with E-state index in [2.05, 4.69) is 41.0 Å². The van der Waals surface area contributed by atoms with Gasteiger partial charge in [0.2, 0.25) is 5.91 Å². The van der Waals surface area contributed by atoms with Crippen molar-refractivity contribution in [3.63, 3.8) is 0 Å². The minimum Gasteiger partial charge on any atom is -0.356 e. The fourth-order valence-corrected chi connectivity index (χ4v) is 3.04. The van der Waals surface area contributed by atoms with E-state index >= 15 is 0 Å². The first-order valence-corrected chi connectivity index (χ1v) is 7.78. The molecule has 1 aromatic rings. The third-order valence-electron chi connectivity index (χ3n) is 4.27. The summed E-state index contributed by atoms with van der Waals surface area (Å²) in [5, 5.41) is 6.16. The maximum atomic E-state index is 12.1. The summed E-state index contributed by atoms with van der Waals surface area (Å²) in [6.07, 6.45) is 5.33. The van der Waals surface area contributed by atoms with Crippen LogP contribution >= 0.6 is 0 Å². The molecule has 2 N–H and O–H groups in total. The first-order chi connectivity index (χ1) is 9.81. The molecule has 0 spiro atoms. The summed E-state index contributed by atoms with van der Waals surface area (Å²) < 4.78 is 0. The number of nitrogens with one attached hydrogen (secondary N) is 2. The molecule has 0 aliphatic heterocycles. The zero-order valence-electron chi connectivity index (χ0n) is 12.4. The average Bonchev–Trinajstić information content (AvgIpc) is 2.52. The molecule has 1 aromatic carbocycles.